The summed E-state index contributed by atoms with van der Waals surface area (Å²) in [6.07, 6.45) is 0.287. The van der Waals surface area contributed by atoms with E-state index in [1.807, 2.05) is 6.92 Å². The first-order chi connectivity index (χ1) is 8.81. The summed E-state index contributed by atoms with van der Waals surface area (Å²) in [6.45, 7) is 3.48. The molecule has 0 saturated carbocycles. The van der Waals surface area contributed by atoms with Crippen LogP contribution in [0.4, 0.5) is 4.39 Å². The van der Waals surface area contributed by atoms with Crippen LogP contribution in [0.15, 0.2) is 24.3 Å². The fraction of sp³-hybridized carbons (Fsp3) is 0.357. The Morgan fingerprint density at radius 2 is 2.16 bits per heavy atom. The van der Waals surface area contributed by atoms with E-state index < -0.39 is 5.60 Å². The van der Waals surface area contributed by atoms with E-state index in [9.17, 15) is 9.50 Å². The Kier molecular flexibility index (Phi) is 3.65. The van der Waals surface area contributed by atoms with Gasteiger partial charge in [0.2, 0.25) is 0 Å². The molecule has 0 aliphatic carbocycles. The zero-order valence-corrected chi connectivity index (χ0v) is 11.9. The molecule has 0 aliphatic rings. The molecule has 5 heteroatoms. The first kappa shape index (κ1) is 14.0. The van der Waals surface area contributed by atoms with Gasteiger partial charge < -0.3 is 5.11 Å². The molecule has 19 heavy (non-hydrogen) atoms. The monoisotopic (exact) mass is 282 g/mol. The maximum absolute atomic E-state index is 13.2. The lowest BCUT2D eigenvalue weighted by molar-refractivity contribution is 0.0571. The molecule has 0 amide bonds. The Morgan fingerprint density at radius 3 is 2.68 bits per heavy atom. The molecular weight excluding hydrogens is 267 g/mol. The van der Waals surface area contributed by atoms with Gasteiger partial charge in [-0.3, -0.25) is 4.68 Å². The molecule has 0 bridgehead atoms. The smallest absolute Gasteiger partial charge is 0.130 e. The van der Waals surface area contributed by atoms with Gasteiger partial charge in [0, 0.05) is 19.0 Å². The van der Waals surface area contributed by atoms with Crippen molar-refractivity contribution in [1.29, 1.82) is 0 Å². The van der Waals surface area contributed by atoms with Gasteiger partial charge in [0.05, 0.1) is 11.3 Å². The van der Waals surface area contributed by atoms with Crippen molar-refractivity contribution >= 4 is 11.6 Å². The van der Waals surface area contributed by atoms with Crippen LogP contribution < -0.4 is 0 Å². The second-order valence-electron chi connectivity index (χ2n) is 4.94. The predicted octanol–water partition coefficient (Wildman–Crippen LogP) is 2.97. The summed E-state index contributed by atoms with van der Waals surface area (Å²) in [7, 11) is 1.75. The third kappa shape index (κ3) is 2.80. The summed E-state index contributed by atoms with van der Waals surface area (Å²) < 4.78 is 14.8. The normalized spacial score (nSPS) is 14.4. The second kappa shape index (κ2) is 4.94. The summed E-state index contributed by atoms with van der Waals surface area (Å²) in [6, 6.07) is 5.96. The van der Waals surface area contributed by atoms with Crippen LogP contribution in [-0.4, -0.2) is 14.9 Å². The van der Waals surface area contributed by atoms with Gasteiger partial charge in [-0.15, -0.1) is 0 Å². The summed E-state index contributed by atoms with van der Waals surface area (Å²) in [5.41, 5.74) is 0.869. The molecule has 1 heterocycles. The van der Waals surface area contributed by atoms with Crippen LogP contribution in [0.2, 0.25) is 5.15 Å². The highest BCUT2D eigenvalue weighted by Gasteiger charge is 2.27. The topological polar surface area (TPSA) is 38.0 Å². The molecule has 2 rings (SSSR count). The molecule has 1 aromatic carbocycles. The van der Waals surface area contributed by atoms with Gasteiger partial charge in [0.15, 0.2) is 0 Å². The van der Waals surface area contributed by atoms with E-state index >= 15 is 0 Å². The maximum Gasteiger partial charge on any atom is 0.130 e. The molecule has 1 aromatic heterocycles. The lowest BCUT2D eigenvalue weighted by atomic mass is 9.89. The minimum absolute atomic E-state index is 0.287. The molecule has 0 fully saturated rings. The zero-order valence-electron chi connectivity index (χ0n) is 11.1. The van der Waals surface area contributed by atoms with Crippen molar-refractivity contribution in [3.8, 4) is 0 Å². The van der Waals surface area contributed by atoms with E-state index in [0.717, 1.165) is 11.3 Å². The van der Waals surface area contributed by atoms with E-state index in [1.165, 1.54) is 12.1 Å². The van der Waals surface area contributed by atoms with Gasteiger partial charge in [-0.25, -0.2) is 4.39 Å². The van der Waals surface area contributed by atoms with Crippen molar-refractivity contribution < 1.29 is 9.50 Å². The number of hydrogen-bond acceptors (Lipinski definition) is 2. The van der Waals surface area contributed by atoms with Gasteiger partial charge in [0.1, 0.15) is 11.0 Å². The van der Waals surface area contributed by atoms with Crippen molar-refractivity contribution in [1.82, 2.24) is 9.78 Å². The lowest BCUT2D eigenvalue weighted by Gasteiger charge is -2.24. The molecule has 0 aliphatic heterocycles. The van der Waals surface area contributed by atoms with Crippen molar-refractivity contribution in [2.45, 2.75) is 25.9 Å². The van der Waals surface area contributed by atoms with E-state index in [4.69, 9.17) is 11.6 Å². The lowest BCUT2D eigenvalue weighted by Crippen LogP contribution is -2.24. The van der Waals surface area contributed by atoms with Gasteiger partial charge in [0.25, 0.3) is 0 Å². The third-order valence-electron chi connectivity index (χ3n) is 3.24. The first-order valence-electron chi connectivity index (χ1n) is 5.97. The molecule has 1 unspecified atom stereocenters. The maximum atomic E-state index is 13.2. The fourth-order valence-electron chi connectivity index (χ4n) is 2.14. The van der Waals surface area contributed by atoms with Crippen LogP contribution in [0.5, 0.6) is 0 Å². The minimum atomic E-state index is -1.19. The van der Waals surface area contributed by atoms with Crippen LogP contribution >= 0.6 is 11.6 Å². The average molecular weight is 283 g/mol. The third-order valence-corrected chi connectivity index (χ3v) is 3.71. The van der Waals surface area contributed by atoms with Crippen LogP contribution in [0.1, 0.15) is 23.7 Å². The van der Waals surface area contributed by atoms with Gasteiger partial charge in [-0.05, 0) is 31.5 Å². The summed E-state index contributed by atoms with van der Waals surface area (Å²) in [5.74, 6) is -0.369. The number of benzene rings is 1. The van der Waals surface area contributed by atoms with E-state index in [2.05, 4.69) is 5.10 Å². The minimum Gasteiger partial charge on any atom is -0.385 e. The van der Waals surface area contributed by atoms with Crippen LogP contribution in [0.25, 0.3) is 0 Å². The Balaban J connectivity index is 2.36. The van der Waals surface area contributed by atoms with Crippen molar-refractivity contribution in [2.75, 3.05) is 0 Å². The molecule has 0 spiro atoms. The second-order valence-corrected chi connectivity index (χ2v) is 5.30. The standard InChI is InChI=1S/C14H16ClFN2O/c1-9-12(13(15)18(3)17-9)8-14(2,19)10-5-4-6-11(16)7-10/h4-7,19H,8H2,1-3H3. The van der Waals surface area contributed by atoms with Crippen molar-refractivity contribution in [3.63, 3.8) is 0 Å². The van der Waals surface area contributed by atoms with Crippen molar-refractivity contribution in [2.24, 2.45) is 7.05 Å². The van der Waals surface area contributed by atoms with Crippen LogP contribution in [0, 0.1) is 12.7 Å². The quantitative estimate of drug-likeness (QED) is 0.940. The fourth-order valence-corrected chi connectivity index (χ4v) is 2.39. The Bertz CT molecular complexity index is 607. The number of nitrogens with zero attached hydrogens (tertiary/aromatic N) is 2. The predicted molar refractivity (Wildman–Crippen MR) is 72.6 cm³/mol. The number of aryl methyl sites for hydroxylation is 2. The number of aromatic nitrogens is 2. The van der Waals surface area contributed by atoms with Gasteiger partial charge >= 0.3 is 0 Å². The number of aliphatic hydroxyl groups is 1. The Labute approximate surface area is 116 Å². The highest BCUT2D eigenvalue weighted by Crippen LogP contribution is 2.30. The molecule has 0 radical (unpaired) electrons. The zero-order chi connectivity index (χ0) is 14.2. The number of hydrogen-bond donors (Lipinski definition) is 1. The van der Waals surface area contributed by atoms with E-state index in [1.54, 1.807) is 30.8 Å². The van der Waals surface area contributed by atoms with Crippen LogP contribution in [0.3, 0.4) is 0 Å². The summed E-state index contributed by atoms with van der Waals surface area (Å²) >= 11 is 6.15. The van der Waals surface area contributed by atoms with E-state index in [0.29, 0.717) is 10.7 Å². The SMILES string of the molecule is Cc1nn(C)c(Cl)c1CC(C)(O)c1cccc(F)c1. The number of halogens is 2. The van der Waals surface area contributed by atoms with Crippen molar-refractivity contribution in [3.05, 3.63) is 52.1 Å². The van der Waals surface area contributed by atoms with Gasteiger partial charge in [-0.1, -0.05) is 23.7 Å². The summed E-state index contributed by atoms with van der Waals surface area (Å²) in [5, 5.41) is 15.3. The van der Waals surface area contributed by atoms with Crippen LogP contribution in [-0.2, 0) is 19.1 Å². The first-order valence-corrected chi connectivity index (χ1v) is 6.35. The summed E-state index contributed by atoms with van der Waals surface area (Å²) in [4.78, 5) is 0. The Hall–Kier alpha value is -1.39. The largest absolute Gasteiger partial charge is 0.385 e. The van der Waals surface area contributed by atoms with E-state index in [-0.39, 0.29) is 12.2 Å². The molecule has 1 N–H and O–H groups in total. The molecule has 2 aromatic rings. The molecule has 1 atom stereocenters. The Morgan fingerprint density at radius 1 is 1.47 bits per heavy atom. The average Bonchev–Trinajstić information content (AvgIpc) is 2.56. The molecule has 102 valence electrons. The van der Waals surface area contributed by atoms with Gasteiger partial charge in [-0.2, -0.15) is 5.10 Å². The molecule has 3 nitrogen and oxygen atoms in total. The molecule has 0 saturated heterocycles. The highest BCUT2D eigenvalue weighted by molar-refractivity contribution is 6.30. The highest BCUT2D eigenvalue weighted by atomic mass is 35.5. The molecular formula is C14H16ClFN2O. The number of rotatable bonds is 3.